The second-order valence-electron chi connectivity index (χ2n) is 5.16. The summed E-state index contributed by atoms with van der Waals surface area (Å²) in [4.78, 5) is 27.0. The van der Waals surface area contributed by atoms with Crippen LogP contribution in [0.1, 0.15) is 13.3 Å². The molecule has 0 saturated carbocycles. The van der Waals surface area contributed by atoms with Crippen LogP contribution in [0.25, 0.3) is 0 Å². The van der Waals surface area contributed by atoms with Gasteiger partial charge in [0.05, 0.1) is 0 Å². The Labute approximate surface area is 123 Å². The van der Waals surface area contributed by atoms with E-state index in [9.17, 15) is 14.0 Å². The fourth-order valence-electron chi connectivity index (χ4n) is 2.34. The van der Waals surface area contributed by atoms with E-state index in [0.717, 1.165) is 13.1 Å². The Morgan fingerprint density at radius 2 is 1.95 bits per heavy atom. The minimum absolute atomic E-state index is 0.0958. The number of anilines is 1. The molecule has 1 fully saturated rings. The zero-order valence-electron chi connectivity index (χ0n) is 12.1. The molecule has 6 heteroatoms. The molecular weight excluding hydrogens is 273 g/mol. The lowest BCUT2D eigenvalue weighted by Gasteiger charge is -2.34. The van der Waals surface area contributed by atoms with Crippen molar-refractivity contribution in [2.75, 3.05) is 38.0 Å². The van der Waals surface area contributed by atoms with E-state index in [4.69, 9.17) is 0 Å². The summed E-state index contributed by atoms with van der Waals surface area (Å²) in [6.07, 6.45) is 0.358. The van der Waals surface area contributed by atoms with Gasteiger partial charge in [0.1, 0.15) is 5.82 Å². The Balaban J connectivity index is 1.71. The molecule has 1 aromatic rings. The molecule has 2 rings (SSSR count). The number of hydrogen-bond donors (Lipinski definition) is 1. The van der Waals surface area contributed by atoms with Crippen LogP contribution in [0.4, 0.5) is 10.1 Å². The molecule has 1 aliphatic rings. The zero-order chi connectivity index (χ0) is 15.2. The summed E-state index contributed by atoms with van der Waals surface area (Å²) in [6.45, 7) is 5.20. The van der Waals surface area contributed by atoms with Crippen molar-refractivity contribution in [3.05, 3.63) is 30.1 Å². The van der Waals surface area contributed by atoms with Crippen LogP contribution in [0, 0.1) is 5.82 Å². The van der Waals surface area contributed by atoms with E-state index in [1.54, 1.807) is 19.1 Å². The number of nitrogens with zero attached hydrogens (tertiary/aromatic N) is 2. The summed E-state index contributed by atoms with van der Waals surface area (Å²) in [7, 11) is 0. The van der Waals surface area contributed by atoms with Gasteiger partial charge in [-0.3, -0.25) is 14.5 Å². The average Bonchev–Trinajstić information content (AvgIpc) is 2.45. The molecule has 1 N–H and O–H groups in total. The lowest BCUT2D eigenvalue weighted by Crippen LogP contribution is -2.48. The standard InChI is InChI=1S/C15H20FN3O2/c1-12(20)19-9-7-18(8-10-19)6-5-15(21)17-14-4-2-3-13(16)11-14/h2-4,11H,5-10H2,1H3,(H,17,21). The molecular formula is C15H20FN3O2. The van der Waals surface area contributed by atoms with Crippen molar-refractivity contribution in [1.82, 2.24) is 9.80 Å². The van der Waals surface area contributed by atoms with Crippen molar-refractivity contribution in [2.45, 2.75) is 13.3 Å². The predicted molar refractivity (Wildman–Crippen MR) is 78.3 cm³/mol. The monoisotopic (exact) mass is 293 g/mol. The Hall–Kier alpha value is -1.95. The average molecular weight is 293 g/mol. The molecule has 1 heterocycles. The largest absolute Gasteiger partial charge is 0.340 e. The maximum atomic E-state index is 13.0. The van der Waals surface area contributed by atoms with E-state index >= 15 is 0 Å². The topological polar surface area (TPSA) is 52.7 Å². The molecule has 0 aromatic heterocycles. The van der Waals surface area contributed by atoms with Crippen molar-refractivity contribution in [1.29, 1.82) is 0 Å². The van der Waals surface area contributed by atoms with E-state index in [1.165, 1.54) is 12.1 Å². The smallest absolute Gasteiger partial charge is 0.225 e. The van der Waals surface area contributed by atoms with Crippen molar-refractivity contribution in [3.8, 4) is 0 Å². The highest BCUT2D eigenvalue weighted by atomic mass is 19.1. The van der Waals surface area contributed by atoms with Crippen LogP contribution < -0.4 is 5.32 Å². The molecule has 1 saturated heterocycles. The number of nitrogens with one attached hydrogen (secondary N) is 1. The Kier molecular flexibility index (Phi) is 5.27. The molecule has 2 amide bonds. The van der Waals surface area contributed by atoms with Gasteiger partial charge in [0, 0.05) is 51.8 Å². The van der Waals surface area contributed by atoms with Gasteiger partial charge in [-0.1, -0.05) is 6.07 Å². The van der Waals surface area contributed by atoms with Gasteiger partial charge in [0.25, 0.3) is 0 Å². The second kappa shape index (κ2) is 7.17. The minimum atomic E-state index is -0.367. The summed E-state index contributed by atoms with van der Waals surface area (Å²) in [5, 5.41) is 2.68. The zero-order valence-corrected chi connectivity index (χ0v) is 12.1. The molecule has 1 aliphatic heterocycles. The van der Waals surface area contributed by atoms with E-state index in [1.807, 2.05) is 4.90 Å². The van der Waals surface area contributed by atoms with Crippen LogP contribution in [-0.2, 0) is 9.59 Å². The highest BCUT2D eigenvalue weighted by Gasteiger charge is 2.18. The van der Waals surface area contributed by atoms with Gasteiger partial charge < -0.3 is 10.2 Å². The number of carbonyl (C=O) groups excluding carboxylic acids is 2. The van der Waals surface area contributed by atoms with E-state index in [2.05, 4.69) is 10.2 Å². The fraction of sp³-hybridized carbons (Fsp3) is 0.467. The number of benzene rings is 1. The predicted octanol–water partition coefficient (Wildman–Crippen LogP) is 1.32. The molecule has 1 aromatic carbocycles. The summed E-state index contributed by atoms with van der Waals surface area (Å²) in [6, 6.07) is 5.85. The van der Waals surface area contributed by atoms with Crippen molar-refractivity contribution in [2.24, 2.45) is 0 Å². The van der Waals surface area contributed by atoms with E-state index < -0.39 is 0 Å². The highest BCUT2D eigenvalue weighted by Crippen LogP contribution is 2.10. The second-order valence-corrected chi connectivity index (χ2v) is 5.16. The molecule has 0 radical (unpaired) electrons. The van der Waals surface area contributed by atoms with Crippen LogP contribution in [0.3, 0.4) is 0 Å². The number of carbonyl (C=O) groups is 2. The molecule has 0 unspecified atom stereocenters. The molecule has 114 valence electrons. The van der Waals surface area contributed by atoms with Gasteiger partial charge in [-0.15, -0.1) is 0 Å². The summed E-state index contributed by atoms with van der Waals surface area (Å²) in [5.41, 5.74) is 0.474. The normalized spacial score (nSPS) is 15.8. The van der Waals surface area contributed by atoms with Gasteiger partial charge in [0.15, 0.2) is 0 Å². The minimum Gasteiger partial charge on any atom is -0.340 e. The summed E-state index contributed by atoms with van der Waals surface area (Å²) in [5.74, 6) is -0.402. The van der Waals surface area contributed by atoms with Crippen LogP contribution in [-0.4, -0.2) is 54.3 Å². The number of rotatable bonds is 4. The van der Waals surface area contributed by atoms with Gasteiger partial charge in [-0.25, -0.2) is 4.39 Å². The molecule has 5 nitrogen and oxygen atoms in total. The summed E-state index contributed by atoms with van der Waals surface area (Å²) >= 11 is 0. The lowest BCUT2D eigenvalue weighted by molar-refractivity contribution is -0.130. The number of amides is 2. The fourth-order valence-corrected chi connectivity index (χ4v) is 2.34. The van der Waals surface area contributed by atoms with Crippen molar-refractivity contribution in [3.63, 3.8) is 0 Å². The maximum Gasteiger partial charge on any atom is 0.225 e. The number of halogens is 1. The number of hydrogen-bond acceptors (Lipinski definition) is 3. The first-order valence-corrected chi connectivity index (χ1v) is 7.08. The van der Waals surface area contributed by atoms with Gasteiger partial charge in [0.2, 0.25) is 11.8 Å². The molecule has 21 heavy (non-hydrogen) atoms. The van der Waals surface area contributed by atoms with Crippen molar-refractivity contribution < 1.29 is 14.0 Å². The van der Waals surface area contributed by atoms with Crippen LogP contribution >= 0.6 is 0 Å². The molecule has 0 bridgehead atoms. The van der Waals surface area contributed by atoms with E-state index in [-0.39, 0.29) is 17.6 Å². The maximum absolute atomic E-state index is 13.0. The molecule has 0 atom stereocenters. The third kappa shape index (κ3) is 4.82. The number of piperazine rings is 1. The first kappa shape index (κ1) is 15.4. The Morgan fingerprint density at radius 1 is 1.24 bits per heavy atom. The first-order chi connectivity index (χ1) is 10.0. The van der Waals surface area contributed by atoms with Crippen LogP contribution in [0.5, 0.6) is 0 Å². The van der Waals surface area contributed by atoms with Crippen molar-refractivity contribution >= 4 is 17.5 Å². The Morgan fingerprint density at radius 3 is 2.57 bits per heavy atom. The Bertz CT molecular complexity index is 513. The van der Waals surface area contributed by atoms with Gasteiger partial charge in [-0.05, 0) is 18.2 Å². The third-order valence-corrected chi connectivity index (χ3v) is 3.58. The van der Waals surface area contributed by atoms with Gasteiger partial charge >= 0.3 is 0 Å². The van der Waals surface area contributed by atoms with Crippen LogP contribution in [0.2, 0.25) is 0 Å². The third-order valence-electron chi connectivity index (χ3n) is 3.58. The first-order valence-electron chi connectivity index (χ1n) is 7.08. The lowest BCUT2D eigenvalue weighted by atomic mass is 10.2. The van der Waals surface area contributed by atoms with Gasteiger partial charge in [-0.2, -0.15) is 0 Å². The van der Waals surface area contributed by atoms with Crippen LogP contribution in [0.15, 0.2) is 24.3 Å². The molecule has 0 spiro atoms. The summed E-state index contributed by atoms with van der Waals surface area (Å²) < 4.78 is 13.0. The SMILES string of the molecule is CC(=O)N1CCN(CCC(=O)Nc2cccc(F)c2)CC1. The highest BCUT2D eigenvalue weighted by molar-refractivity contribution is 5.90. The molecule has 0 aliphatic carbocycles. The van der Waals surface area contributed by atoms with E-state index in [0.29, 0.717) is 31.7 Å². The quantitative estimate of drug-likeness (QED) is 0.911.